The van der Waals surface area contributed by atoms with Crippen molar-refractivity contribution in [1.82, 2.24) is 14.9 Å². The van der Waals surface area contributed by atoms with Crippen molar-refractivity contribution in [3.8, 4) is 5.69 Å². The third-order valence-electron chi connectivity index (χ3n) is 5.57. The fourth-order valence-electron chi connectivity index (χ4n) is 3.76. The van der Waals surface area contributed by atoms with E-state index in [0.717, 1.165) is 5.69 Å². The maximum atomic E-state index is 13.9. The molecule has 0 saturated carbocycles. The third-order valence-corrected chi connectivity index (χ3v) is 5.57. The predicted molar refractivity (Wildman–Crippen MR) is 128 cm³/mol. The number of carbonyl (C=O) groups is 1. The van der Waals surface area contributed by atoms with Crippen LogP contribution in [0.2, 0.25) is 0 Å². The molecule has 0 aliphatic carbocycles. The summed E-state index contributed by atoms with van der Waals surface area (Å²) < 4.78 is 15.5. The first-order valence-electron chi connectivity index (χ1n) is 10.9. The molecule has 0 aliphatic rings. The highest BCUT2D eigenvalue weighted by atomic mass is 19.1. The second kappa shape index (κ2) is 9.65. The molecule has 0 fully saturated rings. The molecule has 168 valence electrons. The van der Waals surface area contributed by atoms with Gasteiger partial charge >= 0.3 is 0 Å². The topological polar surface area (TPSA) is 67.2 Å². The van der Waals surface area contributed by atoms with Crippen LogP contribution in [-0.4, -0.2) is 28.5 Å². The smallest absolute Gasteiger partial charge is 0.267 e. The molecule has 0 saturated heterocycles. The van der Waals surface area contributed by atoms with E-state index in [9.17, 15) is 14.0 Å². The largest absolute Gasteiger partial charge is 0.348 e. The molecule has 1 amide bonds. The summed E-state index contributed by atoms with van der Waals surface area (Å²) in [5.41, 5.74) is 1.72. The summed E-state index contributed by atoms with van der Waals surface area (Å²) in [6, 6.07) is 20.5. The zero-order chi connectivity index (χ0) is 23.4. The van der Waals surface area contributed by atoms with E-state index in [-0.39, 0.29) is 23.8 Å². The fraction of sp³-hybridized carbons (Fsp3) is 0.192. The molecule has 0 unspecified atom stereocenters. The summed E-state index contributed by atoms with van der Waals surface area (Å²) in [6.07, 6.45) is 0. The summed E-state index contributed by atoms with van der Waals surface area (Å²) >= 11 is 0. The Balaban J connectivity index is 1.75. The maximum absolute atomic E-state index is 13.9. The molecule has 1 N–H and O–H groups in total. The van der Waals surface area contributed by atoms with Crippen molar-refractivity contribution in [2.24, 2.45) is 0 Å². The molecule has 0 spiro atoms. The summed E-state index contributed by atoms with van der Waals surface area (Å²) in [7, 11) is 0. The Kier molecular flexibility index (Phi) is 6.49. The van der Waals surface area contributed by atoms with Gasteiger partial charge in [-0.05, 0) is 50.2 Å². The Morgan fingerprint density at radius 1 is 1.00 bits per heavy atom. The number of anilines is 1. The van der Waals surface area contributed by atoms with Crippen LogP contribution < -0.4 is 15.8 Å². The second-order valence-electron chi connectivity index (χ2n) is 7.57. The van der Waals surface area contributed by atoms with Crippen molar-refractivity contribution in [2.75, 3.05) is 18.0 Å². The highest BCUT2D eigenvalue weighted by Crippen LogP contribution is 2.20. The molecule has 33 heavy (non-hydrogen) atoms. The van der Waals surface area contributed by atoms with Crippen molar-refractivity contribution in [3.05, 3.63) is 100 Å². The SMILES string of the molecule is CCN(CC)c1nc2cc(C(=O)NCc3ccccc3F)ccc2c(=O)n1-c1ccccc1. The van der Waals surface area contributed by atoms with Crippen molar-refractivity contribution in [1.29, 1.82) is 0 Å². The lowest BCUT2D eigenvalue weighted by molar-refractivity contribution is 0.0950. The molecular weight excluding hydrogens is 419 g/mol. The van der Waals surface area contributed by atoms with Crippen molar-refractivity contribution in [3.63, 3.8) is 0 Å². The van der Waals surface area contributed by atoms with Crippen LogP contribution in [0.25, 0.3) is 16.6 Å². The molecule has 7 heteroatoms. The Labute approximate surface area is 191 Å². The first-order chi connectivity index (χ1) is 16.0. The molecule has 0 atom stereocenters. The highest BCUT2D eigenvalue weighted by Gasteiger charge is 2.18. The summed E-state index contributed by atoms with van der Waals surface area (Å²) in [6.45, 7) is 5.41. The van der Waals surface area contributed by atoms with Gasteiger partial charge in [0.2, 0.25) is 5.95 Å². The van der Waals surface area contributed by atoms with Crippen LogP contribution in [0.1, 0.15) is 29.8 Å². The maximum Gasteiger partial charge on any atom is 0.267 e. The third kappa shape index (κ3) is 4.48. The van der Waals surface area contributed by atoms with Gasteiger partial charge in [0, 0.05) is 30.8 Å². The normalized spacial score (nSPS) is 10.9. The van der Waals surface area contributed by atoms with Crippen molar-refractivity contribution < 1.29 is 9.18 Å². The number of nitrogens with zero attached hydrogens (tertiary/aromatic N) is 3. The van der Waals surface area contributed by atoms with Gasteiger partial charge in [0.25, 0.3) is 11.5 Å². The lowest BCUT2D eigenvalue weighted by atomic mass is 10.1. The van der Waals surface area contributed by atoms with Gasteiger partial charge in [-0.25, -0.2) is 13.9 Å². The van der Waals surface area contributed by atoms with Gasteiger partial charge in [-0.1, -0.05) is 36.4 Å². The first-order valence-corrected chi connectivity index (χ1v) is 10.9. The quantitative estimate of drug-likeness (QED) is 0.462. The minimum atomic E-state index is -0.372. The van der Waals surface area contributed by atoms with E-state index in [2.05, 4.69) is 5.32 Å². The van der Waals surface area contributed by atoms with Gasteiger partial charge in [-0.2, -0.15) is 0 Å². The molecule has 0 aliphatic heterocycles. The van der Waals surface area contributed by atoms with Crippen molar-refractivity contribution in [2.45, 2.75) is 20.4 Å². The van der Waals surface area contributed by atoms with E-state index in [0.29, 0.717) is 41.1 Å². The van der Waals surface area contributed by atoms with Gasteiger partial charge in [0.05, 0.1) is 16.6 Å². The molecule has 1 aromatic heterocycles. The van der Waals surface area contributed by atoms with Crippen LogP contribution in [0.3, 0.4) is 0 Å². The fourth-order valence-corrected chi connectivity index (χ4v) is 3.76. The summed E-state index contributed by atoms with van der Waals surface area (Å²) in [4.78, 5) is 33.0. The Bertz CT molecular complexity index is 1350. The lowest BCUT2D eigenvalue weighted by Crippen LogP contribution is -2.32. The number of fused-ring (bicyclic) bond motifs is 1. The van der Waals surface area contributed by atoms with Crippen LogP contribution in [-0.2, 0) is 6.54 Å². The predicted octanol–water partition coefficient (Wildman–Crippen LogP) is 4.30. The molecule has 1 heterocycles. The number of rotatable bonds is 7. The molecule has 4 rings (SSSR count). The van der Waals surface area contributed by atoms with Gasteiger partial charge in [0.15, 0.2) is 0 Å². The van der Waals surface area contributed by atoms with Crippen LogP contribution in [0.4, 0.5) is 10.3 Å². The number of nitrogens with one attached hydrogen (secondary N) is 1. The van der Waals surface area contributed by atoms with Crippen LogP contribution >= 0.6 is 0 Å². The number of benzene rings is 3. The summed E-state index contributed by atoms with van der Waals surface area (Å²) in [5, 5.41) is 3.15. The Hall–Kier alpha value is -4.00. The van der Waals surface area contributed by atoms with E-state index in [1.54, 1.807) is 41.0 Å². The zero-order valence-electron chi connectivity index (χ0n) is 18.6. The minimum absolute atomic E-state index is 0.0667. The molecule has 0 radical (unpaired) electrons. The van der Waals surface area contributed by atoms with Gasteiger partial charge in [0.1, 0.15) is 5.82 Å². The van der Waals surface area contributed by atoms with Crippen molar-refractivity contribution >= 4 is 22.8 Å². The average molecular weight is 445 g/mol. The first kappa shape index (κ1) is 22.2. The van der Waals surface area contributed by atoms with E-state index < -0.39 is 0 Å². The number of para-hydroxylation sites is 1. The number of carbonyl (C=O) groups excluding carboxylic acids is 1. The van der Waals surface area contributed by atoms with E-state index in [1.807, 2.05) is 49.1 Å². The Morgan fingerprint density at radius 2 is 1.70 bits per heavy atom. The van der Waals surface area contributed by atoms with E-state index in [1.165, 1.54) is 6.07 Å². The highest BCUT2D eigenvalue weighted by molar-refractivity contribution is 5.97. The number of halogens is 1. The lowest BCUT2D eigenvalue weighted by Gasteiger charge is -2.24. The molecular formula is C26H25FN4O2. The number of hydrogen-bond donors (Lipinski definition) is 1. The monoisotopic (exact) mass is 444 g/mol. The van der Waals surface area contributed by atoms with Gasteiger partial charge in [-0.3, -0.25) is 9.59 Å². The molecule has 3 aromatic carbocycles. The minimum Gasteiger partial charge on any atom is -0.348 e. The molecule has 4 aromatic rings. The average Bonchev–Trinajstić information content (AvgIpc) is 2.84. The van der Waals surface area contributed by atoms with Gasteiger partial charge in [-0.15, -0.1) is 0 Å². The van der Waals surface area contributed by atoms with Crippen LogP contribution in [0.5, 0.6) is 0 Å². The second-order valence-corrected chi connectivity index (χ2v) is 7.57. The van der Waals surface area contributed by atoms with Crippen LogP contribution in [0.15, 0.2) is 77.6 Å². The number of hydrogen-bond acceptors (Lipinski definition) is 4. The zero-order valence-corrected chi connectivity index (χ0v) is 18.6. The number of aromatic nitrogens is 2. The molecule has 6 nitrogen and oxygen atoms in total. The summed E-state index contributed by atoms with van der Waals surface area (Å²) in [5.74, 6) is -0.213. The van der Waals surface area contributed by atoms with E-state index >= 15 is 0 Å². The number of amides is 1. The molecule has 0 bridgehead atoms. The standard InChI is InChI=1S/C26H25FN4O2/c1-3-30(4-2)26-29-23-16-18(24(32)28-17-19-10-8-9-13-22(19)27)14-15-21(23)25(33)31(26)20-11-6-5-7-12-20/h5-16H,3-4,17H2,1-2H3,(H,28,32). The van der Waals surface area contributed by atoms with Gasteiger partial charge < -0.3 is 10.2 Å². The van der Waals surface area contributed by atoms with Crippen LogP contribution in [0, 0.1) is 5.82 Å². The van der Waals surface area contributed by atoms with E-state index in [4.69, 9.17) is 4.98 Å². The Morgan fingerprint density at radius 3 is 2.39 bits per heavy atom.